The second kappa shape index (κ2) is 7.50. The summed E-state index contributed by atoms with van der Waals surface area (Å²) in [6.45, 7) is 1.62. The second-order valence-electron chi connectivity index (χ2n) is 4.50. The van der Waals surface area contributed by atoms with Gasteiger partial charge in [0, 0.05) is 17.4 Å². The Balaban J connectivity index is 2.70. The number of ether oxygens (including phenoxy) is 2. The van der Waals surface area contributed by atoms with Gasteiger partial charge in [0.2, 0.25) is 0 Å². The van der Waals surface area contributed by atoms with Gasteiger partial charge >= 0.3 is 0 Å². The van der Waals surface area contributed by atoms with E-state index in [0.717, 1.165) is 0 Å². The molecule has 0 bridgehead atoms. The first kappa shape index (κ1) is 16.8. The summed E-state index contributed by atoms with van der Waals surface area (Å²) in [7, 11) is 0.0903. The largest absolute Gasteiger partial charge is 0.497 e. The average Bonchev–Trinajstić information content (AvgIpc) is 2.46. The fourth-order valence-electron chi connectivity index (χ4n) is 1.89. The molecule has 0 saturated heterocycles. The van der Waals surface area contributed by atoms with Gasteiger partial charge in [-0.25, -0.2) is 8.42 Å². The van der Waals surface area contributed by atoms with Crippen molar-refractivity contribution in [2.24, 2.45) is 0 Å². The van der Waals surface area contributed by atoms with E-state index in [1.165, 1.54) is 7.11 Å². The van der Waals surface area contributed by atoms with Crippen LogP contribution in [0.2, 0.25) is 0 Å². The summed E-state index contributed by atoms with van der Waals surface area (Å²) in [5, 5.41) is 10.1. The smallest absolute Gasteiger partial charge is 0.150 e. The summed E-state index contributed by atoms with van der Waals surface area (Å²) in [6, 6.07) is 5.17. The van der Waals surface area contributed by atoms with Crippen LogP contribution in [0.1, 0.15) is 31.4 Å². The molecule has 0 aromatic heterocycles. The molecule has 0 aliphatic rings. The standard InChI is InChI=1S/C14H22O5S/c1-4-20(16,17)9-5-6-13(15)12-8-7-11(18-2)10-14(12)19-3/h7-8,10,13,15H,4-6,9H2,1-3H3. The maximum atomic E-state index is 11.4. The molecular formula is C14H22O5S. The van der Waals surface area contributed by atoms with E-state index in [-0.39, 0.29) is 11.5 Å². The molecule has 0 fully saturated rings. The Kier molecular flexibility index (Phi) is 6.29. The molecule has 0 aliphatic carbocycles. The van der Waals surface area contributed by atoms with E-state index in [2.05, 4.69) is 0 Å². The summed E-state index contributed by atoms with van der Waals surface area (Å²) in [5.74, 6) is 1.41. The number of methoxy groups -OCH3 is 2. The molecule has 0 aliphatic heterocycles. The lowest BCUT2D eigenvalue weighted by Crippen LogP contribution is -2.10. The van der Waals surface area contributed by atoms with Crippen LogP contribution in [-0.2, 0) is 9.84 Å². The molecule has 20 heavy (non-hydrogen) atoms. The van der Waals surface area contributed by atoms with Crippen LogP contribution in [0.4, 0.5) is 0 Å². The molecule has 6 heteroatoms. The topological polar surface area (TPSA) is 72.8 Å². The van der Waals surface area contributed by atoms with E-state index in [1.807, 2.05) is 0 Å². The molecule has 1 N–H and O–H groups in total. The third-order valence-corrected chi connectivity index (χ3v) is 4.96. The van der Waals surface area contributed by atoms with Gasteiger partial charge in [0.25, 0.3) is 0 Å². The molecule has 0 amide bonds. The zero-order valence-electron chi connectivity index (χ0n) is 12.1. The predicted octanol–water partition coefficient (Wildman–Crippen LogP) is 1.95. The highest BCUT2D eigenvalue weighted by Gasteiger charge is 2.15. The molecular weight excluding hydrogens is 280 g/mol. The van der Waals surface area contributed by atoms with E-state index in [0.29, 0.717) is 29.9 Å². The summed E-state index contributed by atoms with van der Waals surface area (Å²) >= 11 is 0. The minimum absolute atomic E-state index is 0.0963. The van der Waals surface area contributed by atoms with Crippen LogP contribution >= 0.6 is 0 Å². The zero-order valence-corrected chi connectivity index (χ0v) is 12.9. The maximum absolute atomic E-state index is 11.4. The van der Waals surface area contributed by atoms with Gasteiger partial charge in [0.1, 0.15) is 21.3 Å². The summed E-state index contributed by atoms with van der Waals surface area (Å²) in [6.07, 6.45) is 0.0527. The van der Waals surface area contributed by atoms with E-state index >= 15 is 0 Å². The van der Waals surface area contributed by atoms with Gasteiger partial charge in [-0.1, -0.05) is 6.92 Å². The first-order valence-electron chi connectivity index (χ1n) is 6.54. The molecule has 1 aromatic carbocycles. The van der Waals surface area contributed by atoms with Crippen LogP contribution in [0.15, 0.2) is 18.2 Å². The fourth-order valence-corrected chi connectivity index (χ4v) is 2.79. The molecule has 1 aromatic rings. The summed E-state index contributed by atoms with van der Waals surface area (Å²) < 4.78 is 33.1. The van der Waals surface area contributed by atoms with Gasteiger partial charge in [0.15, 0.2) is 0 Å². The lowest BCUT2D eigenvalue weighted by atomic mass is 10.0. The molecule has 114 valence electrons. The number of aliphatic hydroxyl groups excluding tert-OH is 1. The third kappa shape index (κ3) is 4.68. The van der Waals surface area contributed by atoms with Gasteiger partial charge in [-0.2, -0.15) is 0 Å². The van der Waals surface area contributed by atoms with Crippen LogP contribution < -0.4 is 9.47 Å². The van der Waals surface area contributed by atoms with Crippen molar-refractivity contribution in [2.45, 2.75) is 25.9 Å². The van der Waals surface area contributed by atoms with Crippen LogP contribution in [0.5, 0.6) is 11.5 Å². The molecule has 0 radical (unpaired) electrons. The number of sulfone groups is 1. The Labute approximate surface area is 120 Å². The van der Waals surface area contributed by atoms with E-state index in [1.54, 1.807) is 32.2 Å². The van der Waals surface area contributed by atoms with Gasteiger partial charge in [-0.3, -0.25) is 0 Å². The Hall–Kier alpha value is -1.27. The quantitative estimate of drug-likeness (QED) is 0.794. The Bertz CT molecular complexity index is 524. The van der Waals surface area contributed by atoms with Crippen molar-refractivity contribution in [3.05, 3.63) is 23.8 Å². The molecule has 0 heterocycles. The highest BCUT2D eigenvalue weighted by Crippen LogP contribution is 2.31. The van der Waals surface area contributed by atoms with E-state index in [9.17, 15) is 13.5 Å². The van der Waals surface area contributed by atoms with Crippen molar-refractivity contribution in [2.75, 3.05) is 25.7 Å². The molecule has 1 unspecified atom stereocenters. The third-order valence-electron chi connectivity index (χ3n) is 3.17. The van der Waals surface area contributed by atoms with Gasteiger partial charge < -0.3 is 14.6 Å². The minimum atomic E-state index is -2.99. The zero-order chi connectivity index (χ0) is 15.2. The SMILES string of the molecule is CCS(=O)(=O)CCCC(O)c1ccc(OC)cc1OC. The highest BCUT2D eigenvalue weighted by atomic mass is 32.2. The lowest BCUT2D eigenvalue weighted by molar-refractivity contribution is 0.162. The predicted molar refractivity (Wildman–Crippen MR) is 78.1 cm³/mol. The molecule has 5 nitrogen and oxygen atoms in total. The van der Waals surface area contributed by atoms with Crippen LogP contribution in [-0.4, -0.2) is 39.2 Å². The second-order valence-corrected chi connectivity index (χ2v) is 6.98. The fraction of sp³-hybridized carbons (Fsp3) is 0.571. The van der Waals surface area contributed by atoms with Crippen LogP contribution in [0.25, 0.3) is 0 Å². The first-order chi connectivity index (χ1) is 9.43. The average molecular weight is 302 g/mol. The monoisotopic (exact) mass is 302 g/mol. The maximum Gasteiger partial charge on any atom is 0.150 e. The van der Waals surface area contributed by atoms with Gasteiger partial charge in [0.05, 0.1) is 26.1 Å². The Morgan fingerprint density at radius 2 is 1.95 bits per heavy atom. The molecule has 1 rings (SSSR count). The van der Waals surface area contributed by atoms with Crippen molar-refractivity contribution in [3.63, 3.8) is 0 Å². The number of hydrogen-bond acceptors (Lipinski definition) is 5. The van der Waals surface area contributed by atoms with E-state index in [4.69, 9.17) is 9.47 Å². The highest BCUT2D eigenvalue weighted by molar-refractivity contribution is 7.91. The summed E-state index contributed by atoms with van der Waals surface area (Å²) in [5.41, 5.74) is 0.641. The normalized spacial score (nSPS) is 13.0. The van der Waals surface area contributed by atoms with Crippen molar-refractivity contribution in [1.29, 1.82) is 0 Å². The van der Waals surface area contributed by atoms with Gasteiger partial charge in [-0.05, 0) is 25.0 Å². The number of hydrogen-bond donors (Lipinski definition) is 1. The molecule has 0 spiro atoms. The molecule has 1 atom stereocenters. The van der Waals surface area contributed by atoms with Crippen molar-refractivity contribution in [3.8, 4) is 11.5 Å². The van der Waals surface area contributed by atoms with E-state index < -0.39 is 15.9 Å². The number of benzene rings is 1. The van der Waals surface area contributed by atoms with Crippen molar-refractivity contribution < 1.29 is 23.0 Å². The number of aliphatic hydroxyl groups is 1. The van der Waals surface area contributed by atoms with Crippen molar-refractivity contribution in [1.82, 2.24) is 0 Å². The Morgan fingerprint density at radius 3 is 2.50 bits per heavy atom. The van der Waals surface area contributed by atoms with Crippen molar-refractivity contribution >= 4 is 9.84 Å². The Morgan fingerprint density at radius 1 is 1.25 bits per heavy atom. The van der Waals surface area contributed by atoms with Crippen LogP contribution in [0, 0.1) is 0 Å². The minimum Gasteiger partial charge on any atom is -0.497 e. The van der Waals surface area contributed by atoms with Gasteiger partial charge in [-0.15, -0.1) is 0 Å². The molecule has 0 saturated carbocycles. The first-order valence-corrected chi connectivity index (χ1v) is 8.36. The van der Waals surface area contributed by atoms with Crippen LogP contribution in [0.3, 0.4) is 0 Å². The number of rotatable bonds is 8. The summed E-state index contributed by atoms with van der Waals surface area (Å²) in [4.78, 5) is 0. The lowest BCUT2D eigenvalue weighted by Gasteiger charge is -2.15.